The average molecular weight is 570 g/mol. The van der Waals surface area contributed by atoms with E-state index in [0.717, 1.165) is 35.0 Å². The molecule has 1 aromatic heterocycles. The van der Waals surface area contributed by atoms with E-state index < -0.39 is 34.2 Å². The lowest BCUT2D eigenvalue weighted by molar-refractivity contribution is -0.299. The molecule has 3 aromatic carbocycles. The molecule has 2 atom stereocenters. The van der Waals surface area contributed by atoms with Crippen molar-refractivity contribution in [2.45, 2.75) is 36.7 Å². The van der Waals surface area contributed by atoms with Crippen molar-refractivity contribution < 1.29 is 39.5 Å². The van der Waals surface area contributed by atoms with Gasteiger partial charge in [0.15, 0.2) is 0 Å². The second-order valence-electron chi connectivity index (χ2n) is 9.37. The third-order valence-electron chi connectivity index (χ3n) is 6.33. The number of para-hydroxylation sites is 1. The van der Waals surface area contributed by atoms with E-state index in [-0.39, 0.29) is 11.8 Å². The number of fused-ring (bicyclic) bond motifs is 1. The van der Waals surface area contributed by atoms with E-state index in [1.165, 1.54) is 12.1 Å². The predicted molar refractivity (Wildman–Crippen MR) is 133 cm³/mol. The molecular formula is C26H21F6N3O3S. The van der Waals surface area contributed by atoms with Crippen LogP contribution in [0, 0.1) is 0 Å². The van der Waals surface area contributed by atoms with E-state index in [1.807, 2.05) is 18.2 Å². The summed E-state index contributed by atoms with van der Waals surface area (Å²) in [6, 6.07) is 17.6. The molecule has 1 aliphatic rings. The zero-order valence-corrected chi connectivity index (χ0v) is 21.0. The van der Waals surface area contributed by atoms with Crippen molar-refractivity contribution in [2.24, 2.45) is 0 Å². The van der Waals surface area contributed by atoms with Gasteiger partial charge < -0.3 is 9.72 Å². The van der Waals surface area contributed by atoms with Gasteiger partial charge in [0.25, 0.3) is 6.10 Å². The molecule has 5 rings (SSSR count). The van der Waals surface area contributed by atoms with Gasteiger partial charge in [-0.1, -0.05) is 36.4 Å². The fourth-order valence-corrected chi connectivity index (χ4v) is 5.09. The van der Waals surface area contributed by atoms with E-state index >= 15 is 0 Å². The van der Waals surface area contributed by atoms with Gasteiger partial charge in [0, 0.05) is 11.5 Å². The Labute approximate surface area is 219 Å². The predicted octanol–water partition coefficient (Wildman–Crippen LogP) is 6.74. The van der Waals surface area contributed by atoms with Gasteiger partial charge in [-0.05, 0) is 53.8 Å². The number of rotatable bonds is 7. The van der Waals surface area contributed by atoms with Crippen LogP contribution in [0.2, 0.25) is 0 Å². The molecule has 1 heterocycles. The van der Waals surface area contributed by atoms with E-state index in [0.29, 0.717) is 29.0 Å². The van der Waals surface area contributed by atoms with E-state index in [2.05, 4.69) is 19.4 Å². The molecule has 0 amide bonds. The zero-order valence-electron chi connectivity index (χ0n) is 20.1. The maximum absolute atomic E-state index is 12.8. The SMILES string of the molecule is CS(=O)(=O)Nc1ccccc1-c1ccc2nc(C3CC3c3ccc(OC(C(F)(F)F)C(F)(F)F)cc3)[nH]c2c1. The number of nitrogens with zero attached hydrogens (tertiary/aromatic N) is 1. The second kappa shape index (κ2) is 9.47. The first kappa shape index (κ1) is 26.9. The molecule has 2 N–H and O–H groups in total. The number of aromatic amines is 1. The monoisotopic (exact) mass is 569 g/mol. The molecule has 0 aliphatic heterocycles. The molecule has 6 nitrogen and oxygen atoms in total. The van der Waals surface area contributed by atoms with Gasteiger partial charge in [0.1, 0.15) is 11.6 Å². The molecule has 4 aromatic rings. The second-order valence-corrected chi connectivity index (χ2v) is 11.1. The Morgan fingerprint density at radius 2 is 1.62 bits per heavy atom. The molecule has 0 radical (unpaired) electrons. The number of H-pyrrole nitrogens is 1. The highest BCUT2D eigenvalue weighted by Gasteiger charge is 2.59. The first-order valence-electron chi connectivity index (χ1n) is 11.7. The van der Waals surface area contributed by atoms with E-state index in [4.69, 9.17) is 0 Å². The Hall–Kier alpha value is -3.74. The molecule has 1 fully saturated rings. The van der Waals surface area contributed by atoms with Crippen molar-refractivity contribution >= 4 is 26.7 Å². The average Bonchev–Trinajstić information content (AvgIpc) is 3.52. The normalized spacial score (nSPS) is 17.9. The summed E-state index contributed by atoms with van der Waals surface area (Å²) >= 11 is 0. The van der Waals surface area contributed by atoms with Crippen LogP contribution in [0.5, 0.6) is 5.75 Å². The molecule has 1 aliphatic carbocycles. The fourth-order valence-electron chi connectivity index (χ4n) is 4.51. The largest absolute Gasteiger partial charge is 0.471 e. The maximum atomic E-state index is 12.8. The summed E-state index contributed by atoms with van der Waals surface area (Å²) < 4.78 is 107. The molecule has 0 spiro atoms. The van der Waals surface area contributed by atoms with Crippen LogP contribution in [0.3, 0.4) is 0 Å². The standard InChI is InChI=1S/C26H21F6N3O3S/c1-39(36,37)35-20-5-3-2-4-17(20)15-8-11-21-22(12-15)34-23(33-21)19-13-18(19)14-6-9-16(10-7-14)38-24(25(27,28)29)26(30,31)32/h2-12,18-19,24,35H,13H2,1H3,(H,33,34). The van der Waals surface area contributed by atoms with Crippen LogP contribution in [0.15, 0.2) is 66.7 Å². The Morgan fingerprint density at radius 1 is 0.949 bits per heavy atom. The summed E-state index contributed by atoms with van der Waals surface area (Å²) in [7, 11) is -3.48. The number of aromatic nitrogens is 2. The Kier molecular flexibility index (Phi) is 6.52. The van der Waals surface area contributed by atoms with Crippen LogP contribution >= 0.6 is 0 Å². The summed E-state index contributed by atoms with van der Waals surface area (Å²) in [6.07, 6.45) is -13.3. The number of anilines is 1. The minimum Gasteiger partial charge on any atom is -0.471 e. The topological polar surface area (TPSA) is 84.1 Å². The van der Waals surface area contributed by atoms with Crippen molar-refractivity contribution in [2.75, 3.05) is 11.0 Å². The fraction of sp³-hybridized carbons (Fsp3) is 0.269. The number of ether oxygens (including phenoxy) is 1. The summed E-state index contributed by atoms with van der Waals surface area (Å²) in [6.45, 7) is 0. The molecule has 0 bridgehead atoms. The van der Waals surface area contributed by atoms with Crippen molar-refractivity contribution in [1.82, 2.24) is 9.97 Å². The lowest BCUT2D eigenvalue weighted by Gasteiger charge is -2.23. The van der Waals surface area contributed by atoms with Gasteiger partial charge in [-0.3, -0.25) is 4.72 Å². The van der Waals surface area contributed by atoms with Crippen LogP contribution in [-0.4, -0.2) is 43.1 Å². The summed E-state index contributed by atoms with van der Waals surface area (Å²) in [5.41, 5.74) is 4.06. The first-order chi connectivity index (χ1) is 18.2. The van der Waals surface area contributed by atoms with Crippen LogP contribution in [-0.2, 0) is 10.0 Å². The van der Waals surface area contributed by atoms with E-state index in [9.17, 15) is 34.8 Å². The summed E-state index contributed by atoms with van der Waals surface area (Å²) in [4.78, 5) is 7.92. The van der Waals surface area contributed by atoms with Crippen molar-refractivity contribution in [1.29, 1.82) is 0 Å². The van der Waals surface area contributed by atoms with Crippen molar-refractivity contribution in [3.05, 3.63) is 78.1 Å². The number of hydrogen-bond donors (Lipinski definition) is 2. The highest BCUT2D eigenvalue weighted by atomic mass is 32.2. The molecule has 0 saturated heterocycles. The van der Waals surface area contributed by atoms with Gasteiger partial charge in [-0.15, -0.1) is 0 Å². The van der Waals surface area contributed by atoms with Crippen LogP contribution < -0.4 is 9.46 Å². The molecule has 2 unspecified atom stereocenters. The molecule has 206 valence electrons. The van der Waals surface area contributed by atoms with Gasteiger partial charge in [-0.2, -0.15) is 26.3 Å². The maximum Gasteiger partial charge on any atom is 0.434 e. The Morgan fingerprint density at radius 3 is 2.26 bits per heavy atom. The van der Waals surface area contributed by atoms with E-state index in [1.54, 1.807) is 24.3 Å². The molecule has 39 heavy (non-hydrogen) atoms. The minimum absolute atomic E-state index is 0.00935. The smallest absolute Gasteiger partial charge is 0.434 e. The van der Waals surface area contributed by atoms with Gasteiger partial charge in [0.05, 0.1) is 23.0 Å². The Bertz CT molecular complexity index is 1600. The van der Waals surface area contributed by atoms with Crippen molar-refractivity contribution in [3.63, 3.8) is 0 Å². The number of hydrogen-bond acceptors (Lipinski definition) is 4. The van der Waals surface area contributed by atoms with Gasteiger partial charge in [-0.25, -0.2) is 13.4 Å². The van der Waals surface area contributed by atoms with Gasteiger partial charge in [0.2, 0.25) is 10.0 Å². The highest BCUT2D eigenvalue weighted by Crippen LogP contribution is 2.54. The number of halogens is 6. The quantitative estimate of drug-likeness (QED) is 0.242. The van der Waals surface area contributed by atoms with Gasteiger partial charge >= 0.3 is 12.4 Å². The number of nitrogens with one attached hydrogen (secondary N) is 2. The third kappa shape index (κ3) is 5.97. The lowest BCUT2D eigenvalue weighted by Crippen LogP contribution is -2.46. The number of imidazole rings is 1. The number of alkyl halides is 6. The summed E-state index contributed by atoms with van der Waals surface area (Å²) in [5.74, 6) is 0.145. The summed E-state index contributed by atoms with van der Waals surface area (Å²) in [5, 5.41) is 0. The zero-order chi connectivity index (χ0) is 28.2. The minimum atomic E-state index is -5.59. The highest BCUT2D eigenvalue weighted by molar-refractivity contribution is 7.92. The molecule has 1 saturated carbocycles. The number of sulfonamides is 1. The van der Waals surface area contributed by atoms with Crippen molar-refractivity contribution in [3.8, 4) is 16.9 Å². The van der Waals surface area contributed by atoms with Crippen LogP contribution in [0.1, 0.15) is 29.6 Å². The Balaban J connectivity index is 1.32. The van der Waals surface area contributed by atoms with Crippen LogP contribution in [0.25, 0.3) is 22.2 Å². The van der Waals surface area contributed by atoms with Crippen LogP contribution in [0.4, 0.5) is 32.0 Å². The lowest BCUT2D eigenvalue weighted by atomic mass is 10.0. The molecule has 13 heteroatoms. The first-order valence-corrected chi connectivity index (χ1v) is 13.5. The third-order valence-corrected chi connectivity index (χ3v) is 6.92. The molecular weight excluding hydrogens is 548 g/mol. The number of benzene rings is 3.